The quantitative estimate of drug-likeness (QED) is 0.583. The van der Waals surface area contributed by atoms with Gasteiger partial charge in [0.1, 0.15) is 5.01 Å². The molecular weight excluding hydrogens is 280 g/mol. The van der Waals surface area contributed by atoms with Gasteiger partial charge < -0.3 is 4.43 Å². The van der Waals surface area contributed by atoms with E-state index < -0.39 is 9.04 Å². The molecule has 0 saturated heterocycles. The van der Waals surface area contributed by atoms with Crippen molar-refractivity contribution in [1.29, 1.82) is 0 Å². The lowest BCUT2D eigenvalue weighted by atomic mass is 9.84. The van der Waals surface area contributed by atoms with Crippen molar-refractivity contribution in [3.63, 3.8) is 0 Å². The third-order valence-corrected chi connectivity index (χ3v) is 4.08. The highest BCUT2D eigenvalue weighted by Gasteiger charge is 2.21. The van der Waals surface area contributed by atoms with Crippen LogP contribution in [0.15, 0.2) is 24.3 Å². The number of benzene rings is 1. The summed E-state index contributed by atoms with van der Waals surface area (Å²) in [6, 6.07) is 8.49. The van der Waals surface area contributed by atoms with Gasteiger partial charge in [0.25, 0.3) is 0 Å². The minimum absolute atomic E-state index is 0.0202. The molecule has 1 radical (unpaired) electrons. The first-order valence-corrected chi connectivity index (χ1v) is 8.85. The fourth-order valence-electron chi connectivity index (χ4n) is 1.65. The van der Waals surface area contributed by atoms with Crippen LogP contribution in [0.5, 0.6) is 0 Å². The number of hydrogen-bond donors (Lipinski definition) is 0. The minimum Gasteiger partial charge on any atom is -0.401 e. The molecule has 0 aliphatic rings. The van der Waals surface area contributed by atoms with Crippen molar-refractivity contribution in [3.8, 4) is 0 Å². The van der Waals surface area contributed by atoms with Crippen LogP contribution in [0.25, 0.3) is 0 Å². The summed E-state index contributed by atoms with van der Waals surface area (Å²) in [5.74, 6) is 0. The van der Waals surface area contributed by atoms with Crippen molar-refractivity contribution in [1.82, 2.24) is 0 Å². The Labute approximate surface area is 109 Å². The first kappa shape index (κ1) is 13.9. The lowest BCUT2D eigenvalue weighted by Crippen LogP contribution is -2.17. The summed E-state index contributed by atoms with van der Waals surface area (Å²) >= 11 is 3.63. The molecule has 0 bridgehead atoms. The summed E-state index contributed by atoms with van der Waals surface area (Å²) in [6.07, 6.45) is 0. The summed E-state index contributed by atoms with van der Waals surface area (Å²) in [4.78, 5) is 0. The van der Waals surface area contributed by atoms with Crippen LogP contribution < -0.4 is 0 Å². The van der Waals surface area contributed by atoms with Gasteiger partial charge in [-0.1, -0.05) is 61.0 Å². The smallest absolute Gasteiger partial charge is 0.207 e. The molecule has 89 valence electrons. The summed E-state index contributed by atoms with van der Waals surface area (Å²) in [7, 11) is -0.689. The number of rotatable bonds is 3. The molecule has 0 N–H and O–H groups in total. The molecule has 0 saturated carbocycles. The van der Waals surface area contributed by atoms with Crippen molar-refractivity contribution in [3.05, 3.63) is 35.4 Å². The minimum atomic E-state index is -0.689. The molecule has 3 heteroatoms. The second-order valence-electron chi connectivity index (χ2n) is 5.18. The van der Waals surface area contributed by atoms with Crippen LogP contribution in [0, 0.1) is 0 Å². The second kappa shape index (κ2) is 5.47. The standard InChI is InChI=1S/C13H20BrOSi/c1-13(2,3)11-9-7-6-8-10(11)12(14)15-16(4)5/h6-9,12H,1-5H3. The van der Waals surface area contributed by atoms with Crippen molar-refractivity contribution < 1.29 is 4.43 Å². The molecule has 1 nitrogen and oxygen atoms in total. The molecule has 0 aliphatic carbocycles. The van der Waals surface area contributed by atoms with Gasteiger partial charge in [-0.15, -0.1) is 0 Å². The van der Waals surface area contributed by atoms with Crippen molar-refractivity contribution >= 4 is 25.0 Å². The fourth-order valence-corrected chi connectivity index (χ4v) is 3.71. The Morgan fingerprint density at radius 2 is 1.75 bits per heavy atom. The van der Waals surface area contributed by atoms with E-state index in [1.165, 1.54) is 11.1 Å². The molecule has 1 aromatic rings. The van der Waals surface area contributed by atoms with Gasteiger partial charge in [0.15, 0.2) is 0 Å². The van der Waals surface area contributed by atoms with Gasteiger partial charge in [0.2, 0.25) is 9.04 Å². The topological polar surface area (TPSA) is 9.23 Å². The highest BCUT2D eigenvalue weighted by molar-refractivity contribution is 9.09. The molecule has 0 amide bonds. The van der Waals surface area contributed by atoms with Crippen molar-refractivity contribution in [2.45, 2.75) is 44.3 Å². The number of alkyl halides is 1. The summed E-state index contributed by atoms with van der Waals surface area (Å²) in [6.45, 7) is 11.0. The monoisotopic (exact) mass is 299 g/mol. The SMILES string of the molecule is C[Si](C)OC(Br)c1ccccc1C(C)(C)C. The van der Waals surface area contributed by atoms with Crippen LogP contribution in [0.4, 0.5) is 0 Å². The average molecular weight is 300 g/mol. The van der Waals surface area contributed by atoms with E-state index in [2.05, 4.69) is 74.1 Å². The molecule has 1 aromatic carbocycles. The third-order valence-electron chi connectivity index (χ3n) is 2.35. The average Bonchev–Trinajstić information content (AvgIpc) is 2.15. The Hall–Kier alpha value is -0.123. The van der Waals surface area contributed by atoms with Crippen LogP contribution in [0.1, 0.15) is 36.9 Å². The van der Waals surface area contributed by atoms with Crippen LogP contribution in [0.3, 0.4) is 0 Å². The lowest BCUT2D eigenvalue weighted by molar-refractivity contribution is 0.306. The van der Waals surface area contributed by atoms with Crippen LogP contribution in [-0.4, -0.2) is 9.04 Å². The Morgan fingerprint density at radius 3 is 2.25 bits per heavy atom. The van der Waals surface area contributed by atoms with Crippen molar-refractivity contribution in [2.75, 3.05) is 0 Å². The zero-order valence-corrected chi connectivity index (χ0v) is 13.3. The van der Waals surface area contributed by atoms with Gasteiger partial charge in [0.05, 0.1) is 0 Å². The number of halogens is 1. The molecule has 0 aliphatic heterocycles. The molecule has 1 unspecified atom stereocenters. The van der Waals surface area contributed by atoms with E-state index in [0.717, 1.165) is 0 Å². The van der Waals surface area contributed by atoms with E-state index in [0.29, 0.717) is 0 Å². The molecule has 0 heterocycles. The van der Waals surface area contributed by atoms with Gasteiger partial charge in [-0.25, -0.2) is 0 Å². The second-order valence-corrected chi connectivity index (χ2v) is 8.06. The highest BCUT2D eigenvalue weighted by Crippen LogP contribution is 2.34. The molecular formula is C13H20BrOSi. The zero-order chi connectivity index (χ0) is 12.3. The Kier molecular flexibility index (Phi) is 4.77. The molecule has 0 fully saturated rings. The number of hydrogen-bond acceptors (Lipinski definition) is 1. The fraction of sp³-hybridized carbons (Fsp3) is 0.538. The Balaban J connectivity index is 3.04. The normalized spacial score (nSPS) is 14.2. The maximum atomic E-state index is 5.89. The molecule has 16 heavy (non-hydrogen) atoms. The molecule has 0 aromatic heterocycles. The van der Waals surface area contributed by atoms with Crippen LogP contribution in [0.2, 0.25) is 13.1 Å². The maximum Gasteiger partial charge on any atom is 0.207 e. The third kappa shape index (κ3) is 3.72. The van der Waals surface area contributed by atoms with E-state index in [4.69, 9.17) is 4.43 Å². The first-order chi connectivity index (χ1) is 7.32. The van der Waals surface area contributed by atoms with Crippen LogP contribution in [-0.2, 0) is 9.84 Å². The van der Waals surface area contributed by atoms with Gasteiger partial charge in [-0.2, -0.15) is 0 Å². The van der Waals surface area contributed by atoms with Gasteiger partial charge >= 0.3 is 0 Å². The summed E-state index contributed by atoms with van der Waals surface area (Å²) in [5.41, 5.74) is 2.75. The molecule has 0 spiro atoms. The maximum absolute atomic E-state index is 5.89. The van der Waals surface area contributed by atoms with E-state index >= 15 is 0 Å². The van der Waals surface area contributed by atoms with Crippen LogP contribution >= 0.6 is 15.9 Å². The summed E-state index contributed by atoms with van der Waals surface area (Å²) in [5, 5.41) is 0.0202. The molecule has 1 atom stereocenters. The predicted molar refractivity (Wildman–Crippen MR) is 75.4 cm³/mol. The van der Waals surface area contributed by atoms with E-state index in [1.54, 1.807) is 0 Å². The first-order valence-electron chi connectivity index (χ1n) is 5.52. The largest absolute Gasteiger partial charge is 0.401 e. The molecule has 1 rings (SSSR count). The zero-order valence-electron chi connectivity index (χ0n) is 10.7. The Morgan fingerprint density at radius 1 is 1.19 bits per heavy atom. The Bertz CT molecular complexity index is 344. The van der Waals surface area contributed by atoms with Gasteiger partial charge in [-0.3, -0.25) is 0 Å². The van der Waals surface area contributed by atoms with Crippen molar-refractivity contribution in [2.24, 2.45) is 0 Å². The van der Waals surface area contributed by atoms with E-state index in [9.17, 15) is 0 Å². The summed E-state index contributed by atoms with van der Waals surface area (Å²) < 4.78 is 5.89. The predicted octanol–water partition coefficient (Wildman–Crippen LogP) is 4.65. The van der Waals surface area contributed by atoms with Gasteiger partial charge in [0, 0.05) is 0 Å². The van der Waals surface area contributed by atoms with E-state index in [1.807, 2.05) is 0 Å². The van der Waals surface area contributed by atoms with Gasteiger partial charge in [-0.05, 0) is 29.6 Å². The lowest BCUT2D eigenvalue weighted by Gasteiger charge is -2.26. The van der Waals surface area contributed by atoms with E-state index in [-0.39, 0.29) is 10.4 Å². The highest BCUT2D eigenvalue weighted by atomic mass is 79.9.